The van der Waals surface area contributed by atoms with Gasteiger partial charge in [0.05, 0.1) is 0 Å². The molecule has 0 saturated heterocycles. The first-order valence-electron chi connectivity index (χ1n) is 6.02. The summed E-state index contributed by atoms with van der Waals surface area (Å²) < 4.78 is 34.0. The van der Waals surface area contributed by atoms with E-state index in [0.29, 0.717) is 0 Å². The van der Waals surface area contributed by atoms with Crippen LogP contribution in [0.2, 0.25) is 0 Å². The molecule has 0 radical (unpaired) electrons. The van der Waals surface area contributed by atoms with Crippen molar-refractivity contribution in [2.24, 2.45) is 0 Å². The Morgan fingerprint density at radius 3 is 2.28 bits per heavy atom. The second kappa shape index (κ2) is 13.6. The van der Waals surface area contributed by atoms with E-state index in [9.17, 15) is 13.0 Å². The molecule has 0 saturated carbocycles. The van der Waals surface area contributed by atoms with Gasteiger partial charge in [0.15, 0.2) is 0 Å². The maximum atomic E-state index is 10.0. The van der Waals surface area contributed by atoms with Crippen molar-refractivity contribution in [3.05, 3.63) is 24.5 Å². The quantitative estimate of drug-likeness (QED) is 0.144. The molecule has 4 nitrogen and oxygen atoms in total. The number of rotatable bonds is 10. The molecule has 0 aliphatic rings. The molecular weight excluding hydrogens is 263 g/mol. The molecule has 0 heterocycles. The minimum Gasteiger partial charge on any atom is -0.716 e. The third kappa shape index (κ3) is 18.6. The van der Waals surface area contributed by atoms with Crippen LogP contribution in [-0.4, -0.2) is 13.0 Å². The normalized spacial score (nSPS) is 11.9. The van der Waals surface area contributed by atoms with Crippen LogP contribution < -0.4 is 29.6 Å². The number of hydrogen-bond acceptors (Lipinski definition) is 4. The van der Waals surface area contributed by atoms with Gasteiger partial charge in [0.1, 0.15) is 6.26 Å². The van der Waals surface area contributed by atoms with E-state index in [1.807, 2.05) is 6.08 Å². The zero-order valence-corrected chi connectivity index (χ0v) is 14.1. The summed E-state index contributed by atoms with van der Waals surface area (Å²) in [5, 5.41) is 0. The topological polar surface area (TPSA) is 66.4 Å². The van der Waals surface area contributed by atoms with Gasteiger partial charge in [-0.3, -0.25) is 0 Å². The number of hydrogen-bond donors (Lipinski definition) is 0. The Balaban J connectivity index is 0. The van der Waals surface area contributed by atoms with Crippen LogP contribution in [0.3, 0.4) is 0 Å². The van der Waals surface area contributed by atoms with Gasteiger partial charge in [-0.2, -0.15) is 0 Å². The molecule has 6 heteroatoms. The van der Waals surface area contributed by atoms with E-state index in [1.165, 1.54) is 38.2 Å². The average Bonchev–Trinajstić information content (AvgIpc) is 2.24. The maximum Gasteiger partial charge on any atom is 1.00 e. The predicted molar refractivity (Wildman–Crippen MR) is 67.1 cm³/mol. The SMILES string of the molecule is CCCCCCCCC=CC=COS(=O)(=O)[O-].[Na+]. The van der Waals surface area contributed by atoms with Gasteiger partial charge in [0.2, 0.25) is 0 Å². The molecule has 0 aromatic heterocycles. The molecule has 100 valence electrons. The van der Waals surface area contributed by atoms with Crippen LogP contribution in [0, 0.1) is 0 Å². The Morgan fingerprint density at radius 2 is 1.67 bits per heavy atom. The molecule has 0 bridgehead atoms. The third-order valence-electron chi connectivity index (χ3n) is 2.22. The summed E-state index contributed by atoms with van der Waals surface area (Å²) in [6.45, 7) is 2.19. The Kier molecular flexibility index (Phi) is 15.5. The first-order chi connectivity index (χ1) is 8.06. The molecule has 0 aromatic rings. The van der Waals surface area contributed by atoms with E-state index >= 15 is 0 Å². The van der Waals surface area contributed by atoms with Gasteiger partial charge in [-0.25, -0.2) is 8.42 Å². The fourth-order valence-corrected chi connectivity index (χ4v) is 1.56. The molecule has 0 aliphatic carbocycles. The van der Waals surface area contributed by atoms with E-state index < -0.39 is 10.4 Å². The molecule has 0 fully saturated rings. The summed E-state index contributed by atoms with van der Waals surface area (Å²) in [6.07, 6.45) is 14.3. The first kappa shape index (κ1) is 20.5. The zero-order valence-electron chi connectivity index (χ0n) is 11.3. The second-order valence-corrected chi connectivity index (χ2v) is 4.83. The van der Waals surface area contributed by atoms with Crippen LogP contribution in [0.5, 0.6) is 0 Å². The number of unbranched alkanes of at least 4 members (excludes halogenated alkanes) is 6. The van der Waals surface area contributed by atoms with Crippen LogP contribution in [0.1, 0.15) is 51.9 Å². The fourth-order valence-electron chi connectivity index (χ4n) is 1.36. The molecule has 0 spiro atoms. The summed E-state index contributed by atoms with van der Waals surface area (Å²) in [7, 11) is -4.61. The van der Waals surface area contributed by atoms with E-state index in [-0.39, 0.29) is 29.6 Å². The van der Waals surface area contributed by atoms with Gasteiger partial charge in [-0.05, 0) is 18.9 Å². The van der Waals surface area contributed by atoms with E-state index in [4.69, 9.17) is 0 Å². The summed E-state index contributed by atoms with van der Waals surface area (Å²) in [6, 6.07) is 0. The predicted octanol–water partition coefficient (Wildman–Crippen LogP) is 0.288. The summed E-state index contributed by atoms with van der Waals surface area (Å²) >= 11 is 0. The molecule has 18 heavy (non-hydrogen) atoms. The molecular formula is C12H21NaO4S. The summed E-state index contributed by atoms with van der Waals surface area (Å²) in [5.74, 6) is 0. The molecule has 0 N–H and O–H groups in total. The maximum absolute atomic E-state index is 10.0. The minimum absolute atomic E-state index is 0. The van der Waals surface area contributed by atoms with Gasteiger partial charge in [-0.15, -0.1) is 0 Å². The Bertz CT molecular complexity index is 323. The Hall–Kier alpha value is 0.190. The van der Waals surface area contributed by atoms with Crippen molar-refractivity contribution in [1.29, 1.82) is 0 Å². The van der Waals surface area contributed by atoms with Crippen LogP contribution in [0.4, 0.5) is 0 Å². The molecule has 0 unspecified atom stereocenters. The van der Waals surface area contributed by atoms with E-state index in [2.05, 4.69) is 11.1 Å². The fraction of sp³-hybridized carbons (Fsp3) is 0.667. The molecule has 0 amide bonds. The van der Waals surface area contributed by atoms with Gasteiger partial charge < -0.3 is 8.74 Å². The van der Waals surface area contributed by atoms with Crippen molar-refractivity contribution >= 4 is 10.4 Å². The van der Waals surface area contributed by atoms with Crippen molar-refractivity contribution < 1.29 is 46.7 Å². The Labute approximate surface area is 133 Å². The van der Waals surface area contributed by atoms with E-state index in [0.717, 1.165) is 19.1 Å². The molecule has 0 aromatic carbocycles. The van der Waals surface area contributed by atoms with Crippen LogP contribution in [-0.2, 0) is 14.6 Å². The van der Waals surface area contributed by atoms with Gasteiger partial charge >= 0.3 is 29.6 Å². The van der Waals surface area contributed by atoms with Crippen LogP contribution in [0.15, 0.2) is 24.5 Å². The van der Waals surface area contributed by atoms with Crippen molar-refractivity contribution in [2.45, 2.75) is 51.9 Å². The monoisotopic (exact) mass is 284 g/mol. The largest absolute Gasteiger partial charge is 1.00 e. The van der Waals surface area contributed by atoms with Crippen molar-refractivity contribution in [1.82, 2.24) is 0 Å². The Morgan fingerprint density at radius 1 is 1.06 bits per heavy atom. The van der Waals surface area contributed by atoms with Gasteiger partial charge in [0.25, 0.3) is 10.4 Å². The molecule has 0 aliphatic heterocycles. The second-order valence-electron chi connectivity index (χ2n) is 3.82. The van der Waals surface area contributed by atoms with Gasteiger partial charge in [0, 0.05) is 0 Å². The molecule has 0 atom stereocenters. The smallest absolute Gasteiger partial charge is 0.716 e. The van der Waals surface area contributed by atoms with Gasteiger partial charge in [-0.1, -0.05) is 51.2 Å². The van der Waals surface area contributed by atoms with Crippen LogP contribution in [0.25, 0.3) is 0 Å². The molecule has 0 rings (SSSR count). The third-order valence-corrected chi connectivity index (χ3v) is 2.57. The first-order valence-corrected chi connectivity index (χ1v) is 7.35. The van der Waals surface area contributed by atoms with Crippen LogP contribution >= 0.6 is 0 Å². The summed E-state index contributed by atoms with van der Waals surface area (Å²) in [4.78, 5) is 0. The van der Waals surface area contributed by atoms with Crippen molar-refractivity contribution in [3.8, 4) is 0 Å². The van der Waals surface area contributed by atoms with E-state index in [1.54, 1.807) is 6.08 Å². The average molecular weight is 284 g/mol. The minimum atomic E-state index is -4.61. The number of allylic oxidation sites excluding steroid dienone is 3. The van der Waals surface area contributed by atoms with Crippen molar-refractivity contribution in [2.75, 3.05) is 0 Å². The zero-order chi connectivity index (χ0) is 13.0. The summed E-state index contributed by atoms with van der Waals surface area (Å²) in [5.41, 5.74) is 0. The van der Waals surface area contributed by atoms with Crippen molar-refractivity contribution in [3.63, 3.8) is 0 Å². The standard InChI is InChI=1S/C12H22O4S.Na/c1-2-3-4-5-6-7-8-9-10-11-12-16-17(13,14)15;/h9-12H,2-8H2,1H3,(H,13,14,15);/q;+1/p-1.